The zero-order chi connectivity index (χ0) is 7.28. The Balaban J connectivity index is 4.00. The fraction of sp³-hybridized carbons (Fsp3) is 0. The van der Waals surface area contributed by atoms with Gasteiger partial charge in [0.05, 0.1) is 5.31 Å². The van der Waals surface area contributed by atoms with Crippen LogP contribution >= 0.6 is 9.24 Å². The smallest absolute Gasteiger partial charge is 0.335 e. The molecule has 2 radical (unpaired) electrons. The van der Waals surface area contributed by atoms with Crippen molar-refractivity contribution in [1.82, 2.24) is 0 Å². The molecule has 1 unspecified atom stereocenters. The van der Waals surface area contributed by atoms with Crippen LogP contribution in [0.15, 0.2) is 22.4 Å². The second kappa shape index (κ2) is 4.76. The fourth-order valence-electron chi connectivity index (χ4n) is 0.231. The lowest BCUT2D eigenvalue weighted by atomic mass is 10.5. The van der Waals surface area contributed by atoms with Gasteiger partial charge in [0.25, 0.3) is 0 Å². The Morgan fingerprint density at radius 3 is 2.56 bits per heavy atom. The van der Waals surface area contributed by atoms with Crippen molar-refractivity contribution in [3.8, 4) is 0 Å². The fourth-order valence-corrected chi connectivity index (χ4v) is 0.453. The molecule has 0 amide bonds. The second-order valence-corrected chi connectivity index (χ2v) is 2.32. The van der Waals surface area contributed by atoms with Crippen molar-refractivity contribution in [3.63, 3.8) is 0 Å². The van der Waals surface area contributed by atoms with Crippen LogP contribution in [0.25, 0.3) is 0 Å². The molecule has 1 N–H and O–H groups in total. The van der Waals surface area contributed by atoms with E-state index in [0.717, 1.165) is 0 Å². The number of rotatable bonds is 2. The van der Waals surface area contributed by atoms with E-state index >= 15 is 0 Å². The second-order valence-electron chi connectivity index (χ2n) is 1.31. The van der Waals surface area contributed by atoms with Gasteiger partial charge in [-0.25, -0.2) is 4.79 Å². The summed E-state index contributed by atoms with van der Waals surface area (Å²) in [6, 6.07) is 0. The topological polar surface area (TPSA) is 37.3 Å². The van der Waals surface area contributed by atoms with E-state index in [-0.39, 0.29) is 5.31 Å². The van der Waals surface area contributed by atoms with Crippen LogP contribution < -0.4 is 0 Å². The average molecular weight is 156 g/mol. The van der Waals surface area contributed by atoms with Gasteiger partial charge < -0.3 is 5.11 Å². The third-order valence-corrected chi connectivity index (χ3v) is 1.30. The minimum Gasteiger partial charge on any atom is -0.478 e. The van der Waals surface area contributed by atoms with Gasteiger partial charge in [0.1, 0.15) is 0 Å². The Kier molecular flexibility index (Phi) is 4.71. The molecule has 9 heavy (non-hydrogen) atoms. The summed E-state index contributed by atoms with van der Waals surface area (Å²) in [6.45, 7) is 0. The number of carbonyl (C=O) groups is 1. The molecule has 0 spiro atoms. The normalized spacial score (nSPS) is 12.3. The highest BCUT2D eigenvalue weighted by Gasteiger charge is 1.94. The van der Waals surface area contributed by atoms with E-state index in [4.69, 9.17) is 5.11 Å². The number of aliphatic carboxylic acids is 1. The highest BCUT2D eigenvalue weighted by molar-refractivity contribution is 7.24. The van der Waals surface area contributed by atoms with Gasteiger partial charge in [0.2, 0.25) is 0 Å². The zero-order valence-corrected chi connectivity index (χ0v) is 7.05. The van der Waals surface area contributed by atoms with Gasteiger partial charge in [-0.15, -0.1) is 0 Å². The van der Waals surface area contributed by atoms with Crippen molar-refractivity contribution in [2.75, 3.05) is 0 Å². The third-order valence-electron chi connectivity index (χ3n) is 0.634. The molecule has 2 nitrogen and oxygen atoms in total. The Morgan fingerprint density at radius 1 is 1.67 bits per heavy atom. The maximum atomic E-state index is 10.1. The molecule has 0 saturated heterocycles. The maximum absolute atomic E-state index is 10.1. The number of hydrogen-bond donors (Lipinski definition) is 1. The Morgan fingerprint density at radius 2 is 2.22 bits per heavy atom. The van der Waals surface area contributed by atoms with E-state index in [0.29, 0.717) is 0 Å². The molecule has 0 heterocycles. The SMILES string of the molecule is O=C(O)C(P)=CC=[CH][Al]. The van der Waals surface area contributed by atoms with Gasteiger partial charge in [0.15, 0.2) is 16.3 Å². The summed E-state index contributed by atoms with van der Waals surface area (Å²) < 4.78 is 0. The predicted octanol–water partition coefficient (Wildman–Crippen LogP) is 0.512. The molecule has 1 atom stereocenters. The van der Waals surface area contributed by atoms with Gasteiger partial charge in [0, 0.05) is 0 Å². The summed E-state index contributed by atoms with van der Waals surface area (Å²) in [6.07, 6.45) is 3.14. The average Bonchev–Trinajstić information content (AvgIpc) is 1.82. The molecule has 0 saturated carbocycles. The van der Waals surface area contributed by atoms with Crippen LogP contribution in [-0.4, -0.2) is 27.4 Å². The summed E-state index contributed by atoms with van der Waals surface area (Å²) in [5.74, 6) is -0.914. The van der Waals surface area contributed by atoms with Crippen molar-refractivity contribution in [3.05, 3.63) is 22.4 Å². The van der Waals surface area contributed by atoms with Crippen LogP contribution in [0, 0.1) is 0 Å². The number of allylic oxidation sites excluding steroid dienone is 2. The molecule has 0 bridgehead atoms. The zero-order valence-electron chi connectivity index (χ0n) is 4.74. The van der Waals surface area contributed by atoms with Crippen LogP contribution in [0.5, 0.6) is 0 Å². The molecule has 0 aliphatic rings. The van der Waals surface area contributed by atoms with Crippen LogP contribution in [0.4, 0.5) is 0 Å². The standard InChI is InChI=1S/C5H6O2P.Al/c1-2-3-4(8)5(6)7;/h1-3H,8H2,(H,6,7);. The Hall–Kier alpha value is -0.0875. The molecule has 0 rings (SSSR count). The van der Waals surface area contributed by atoms with Crippen LogP contribution in [0.3, 0.4) is 0 Å². The van der Waals surface area contributed by atoms with E-state index in [1.165, 1.54) is 6.08 Å². The molecule has 46 valence electrons. The molecular formula is C5H6AlO2P. The lowest BCUT2D eigenvalue weighted by Crippen LogP contribution is -1.91. The highest BCUT2D eigenvalue weighted by Crippen LogP contribution is 2.03. The van der Waals surface area contributed by atoms with E-state index in [1.54, 1.807) is 11.0 Å². The summed E-state index contributed by atoms with van der Waals surface area (Å²) in [4.78, 5) is 11.8. The maximum Gasteiger partial charge on any atom is 0.335 e. The summed E-state index contributed by atoms with van der Waals surface area (Å²) in [5, 5.41) is 8.54. The van der Waals surface area contributed by atoms with E-state index in [1.807, 2.05) is 0 Å². The van der Waals surface area contributed by atoms with Gasteiger partial charge in [-0.05, 0) is 6.08 Å². The first-order chi connectivity index (χ1) is 4.18. The lowest BCUT2D eigenvalue weighted by molar-refractivity contribution is -0.131. The minimum atomic E-state index is -0.914. The van der Waals surface area contributed by atoms with Crippen molar-refractivity contribution in [1.29, 1.82) is 0 Å². The Labute approximate surface area is 64.3 Å². The summed E-state index contributed by atoms with van der Waals surface area (Å²) in [5.41, 5.74) is 0. The first-order valence-corrected chi connectivity index (χ1v) is 3.50. The Bertz CT molecular complexity index is 162. The van der Waals surface area contributed by atoms with Crippen molar-refractivity contribution >= 4 is 31.5 Å². The van der Waals surface area contributed by atoms with Gasteiger partial charge in [-0.3, -0.25) is 0 Å². The first kappa shape index (κ1) is 8.91. The van der Waals surface area contributed by atoms with E-state index < -0.39 is 5.97 Å². The predicted molar refractivity (Wildman–Crippen MR) is 40.3 cm³/mol. The molecule has 0 aromatic heterocycles. The van der Waals surface area contributed by atoms with Gasteiger partial charge in [-0.1, -0.05) is 15.3 Å². The van der Waals surface area contributed by atoms with Crippen molar-refractivity contribution < 1.29 is 9.90 Å². The molecule has 0 fully saturated rings. The van der Waals surface area contributed by atoms with Crippen LogP contribution in [-0.2, 0) is 4.79 Å². The van der Waals surface area contributed by atoms with Crippen molar-refractivity contribution in [2.24, 2.45) is 0 Å². The highest BCUT2D eigenvalue weighted by atomic mass is 31.0. The summed E-state index contributed by atoms with van der Waals surface area (Å²) >= 11 is 2.35. The number of hydrogen-bond acceptors (Lipinski definition) is 1. The third kappa shape index (κ3) is 4.42. The number of carboxylic acids is 1. The first-order valence-electron chi connectivity index (χ1n) is 2.26. The molecule has 0 aliphatic heterocycles. The molecular weight excluding hydrogens is 150 g/mol. The molecule has 0 aromatic carbocycles. The molecule has 0 aliphatic carbocycles. The quantitative estimate of drug-likeness (QED) is 0.274. The molecule has 0 aromatic rings. The van der Waals surface area contributed by atoms with Gasteiger partial charge >= 0.3 is 5.97 Å². The van der Waals surface area contributed by atoms with E-state index in [2.05, 4.69) is 25.5 Å². The van der Waals surface area contributed by atoms with E-state index in [9.17, 15) is 4.79 Å². The minimum absolute atomic E-state index is 0.258. The summed E-state index contributed by atoms with van der Waals surface area (Å²) in [7, 11) is 2.12. The van der Waals surface area contributed by atoms with Crippen molar-refractivity contribution in [2.45, 2.75) is 0 Å². The van der Waals surface area contributed by atoms with Crippen LogP contribution in [0.2, 0.25) is 0 Å². The molecule has 4 heteroatoms. The van der Waals surface area contributed by atoms with Gasteiger partial charge in [-0.2, -0.15) is 4.94 Å². The van der Waals surface area contributed by atoms with Crippen LogP contribution in [0.1, 0.15) is 0 Å². The monoisotopic (exact) mass is 156 g/mol. The number of carboxylic acid groups (broad SMARTS) is 1. The largest absolute Gasteiger partial charge is 0.478 e. The lowest BCUT2D eigenvalue weighted by Gasteiger charge is -1.85.